The monoisotopic (exact) mass is 424 g/mol. The van der Waals surface area contributed by atoms with Crippen molar-refractivity contribution in [2.75, 3.05) is 39.3 Å². The number of nitrogens with one attached hydrogen (secondary N) is 2. The van der Waals surface area contributed by atoms with Crippen LogP contribution in [0.4, 0.5) is 4.79 Å². The summed E-state index contributed by atoms with van der Waals surface area (Å²) in [5.41, 5.74) is -0.285. The highest BCUT2D eigenvalue weighted by molar-refractivity contribution is 5.79. The van der Waals surface area contributed by atoms with E-state index in [1.165, 1.54) is 32.1 Å². The Morgan fingerprint density at radius 3 is 2.40 bits per heavy atom. The summed E-state index contributed by atoms with van der Waals surface area (Å²) in [7, 11) is 0. The van der Waals surface area contributed by atoms with Gasteiger partial charge in [0.2, 0.25) is 0 Å². The molecule has 2 rings (SSSR count). The molecule has 0 aromatic rings. The van der Waals surface area contributed by atoms with E-state index in [9.17, 15) is 9.90 Å². The Morgan fingerprint density at radius 1 is 1.17 bits per heavy atom. The van der Waals surface area contributed by atoms with Gasteiger partial charge in [-0.3, -0.25) is 4.99 Å². The molecule has 174 valence electrons. The van der Waals surface area contributed by atoms with Gasteiger partial charge in [-0.15, -0.1) is 0 Å². The quantitative estimate of drug-likeness (QED) is 0.430. The minimum Gasteiger partial charge on any atom is -0.444 e. The maximum absolute atomic E-state index is 12.2. The lowest BCUT2D eigenvalue weighted by molar-refractivity contribution is 0.0185. The van der Waals surface area contributed by atoms with Crippen LogP contribution in [0.2, 0.25) is 0 Å². The number of carbonyl (C=O) groups is 1. The Morgan fingerprint density at radius 2 is 1.83 bits per heavy atom. The van der Waals surface area contributed by atoms with Crippen molar-refractivity contribution in [3.05, 3.63) is 0 Å². The van der Waals surface area contributed by atoms with Crippen molar-refractivity contribution >= 4 is 12.1 Å². The number of carbonyl (C=O) groups excluding carboxylic acids is 1. The Kier molecular flexibility index (Phi) is 9.72. The van der Waals surface area contributed by atoms with Crippen molar-refractivity contribution in [2.45, 2.75) is 84.7 Å². The van der Waals surface area contributed by atoms with Crippen LogP contribution in [-0.2, 0) is 4.74 Å². The third kappa shape index (κ3) is 8.32. The predicted molar refractivity (Wildman–Crippen MR) is 122 cm³/mol. The molecular formula is C23H44N4O3. The molecule has 1 saturated carbocycles. The number of nitrogens with zero attached hydrogens (tertiary/aromatic N) is 2. The molecule has 0 bridgehead atoms. The van der Waals surface area contributed by atoms with Crippen LogP contribution in [0.5, 0.6) is 0 Å². The molecule has 0 aromatic heterocycles. The van der Waals surface area contributed by atoms with E-state index in [1.54, 1.807) is 0 Å². The van der Waals surface area contributed by atoms with E-state index >= 15 is 0 Å². The van der Waals surface area contributed by atoms with Gasteiger partial charge in [0.15, 0.2) is 5.96 Å². The van der Waals surface area contributed by atoms with E-state index in [2.05, 4.69) is 17.6 Å². The lowest BCUT2D eigenvalue weighted by Crippen LogP contribution is -2.45. The summed E-state index contributed by atoms with van der Waals surface area (Å²) >= 11 is 0. The molecule has 0 unspecified atom stereocenters. The molecule has 1 heterocycles. The van der Waals surface area contributed by atoms with Gasteiger partial charge in [0.05, 0.1) is 0 Å². The van der Waals surface area contributed by atoms with Gasteiger partial charge in [-0.25, -0.2) is 4.79 Å². The van der Waals surface area contributed by atoms with Gasteiger partial charge in [0.1, 0.15) is 5.60 Å². The highest BCUT2D eigenvalue weighted by atomic mass is 16.6. The molecule has 2 aliphatic rings. The highest BCUT2D eigenvalue weighted by Crippen LogP contribution is 2.39. The molecule has 1 aliphatic carbocycles. The van der Waals surface area contributed by atoms with Crippen molar-refractivity contribution in [1.29, 1.82) is 0 Å². The maximum Gasteiger partial charge on any atom is 0.410 e. The number of aliphatic imine (C=N–C) groups is 1. The molecule has 7 nitrogen and oxygen atoms in total. The summed E-state index contributed by atoms with van der Waals surface area (Å²) in [6.45, 7) is 12.0. The molecule has 0 spiro atoms. The first-order valence-corrected chi connectivity index (χ1v) is 11.9. The van der Waals surface area contributed by atoms with Gasteiger partial charge in [-0.2, -0.15) is 0 Å². The minimum atomic E-state index is -0.446. The van der Waals surface area contributed by atoms with Crippen LogP contribution in [0.1, 0.15) is 79.1 Å². The molecule has 1 amide bonds. The number of ether oxygens (including phenoxy) is 1. The third-order valence-electron chi connectivity index (χ3n) is 6.30. The van der Waals surface area contributed by atoms with E-state index in [-0.39, 0.29) is 18.1 Å². The Hall–Kier alpha value is -1.50. The lowest BCUT2D eigenvalue weighted by atomic mass is 9.72. The molecule has 0 aromatic carbocycles. The van der Waals surface area contributed by atoms with E-state index in [0.29, 0.717) is 5.92 Å². The summed E-state index contributed by atoms with van der Waals surface area (Å²) in [4.78, 5) is 18.9. The average Bonchev–Trinajstić information content (AvgIpc) is 2.70. The topological polar surface area (TPSA) is 86.2 Å². The first-order chi connectivity index (χ1) is 14.3. The van der Waals surface area contributed by atoms with Gasteiger partial charge in [-0.05, 0) is 71.1 Å². The summed E-state index contributed by atoms with van der Waals surface area (Å²) in [6, 6.07) is 0. The van der Waals surface area contributed by atoms with E-state index in [0.717, 1.165) is 57.9 Å². The van der Waals surface area contributed by atoms with Crippen molar-refractivity contribution in [3.8, 4) is 0 Å². The van der Waals surface area contributed by atoms with Gasteiger partial charge in [-0.1, -0.05) is 19.3 Å². The predicted octanol–water partition coefficient (Wildman–Crippen LogP) is 3.52. The number of hydrogen-bond donors (Lipinski definition) is 3. The Balaban J connectivity index is 1.82. The largest absolute Gasteiger partial charge is 0.444 e. The van der Waals surface area contributed by atoms with Crippen LogP contribution in [0.3, 0.4) is 0 Å². The molecule has 0 radical (unpaired) electrons. The number of guanidine groups is 1. The first-order valence-electron chi connectivity index (χ1n) is 11.9. The number of piperidine rings is 1. The van der Waals surface area contributed by atoms with Crippen LogP contribution >= 0.6 is 0 Å². The molecule has 1 aliphatic heterocycles. The van der Waals surface area contributed by atoms with Crippen LogP contribution < -0.4 is 10.6 Å². The number of hydrogen-bond acceptors (Lipinski definition) is 4. The molecule has 7 heteroatoms. The second-order valence-corrected chi connectivity index (χ2v) is 10.0. The normalized spacial score (nSPS) is 20.7. The van der Waals surface area contributed by atoms with Crippen molar-refractivity contribution < 1.29 is 14.6 Å². The second-order valence-electron chi connectivity index (χ2n) is 10.0. The Labute approximate surface area is 183 Å². The van der Waals surface area contributed by atoms with Gasteiger partial charge >= 0.3 is 6.09 Å². The molecule has 2 fully saturated rings. The lowest BCUT2D eigenvalue weighted by Gasteiger charge is -2.36. The summed E-state index contributed by atoms with van der Waals surface area (Å²) in [5.74, 6) is 1.39. The van der Waals surface area contributed by atoms with E-state index in [1.807, 2.05) is 25.7 Å². The SMILES string of the molecule is CCNC(=NCC1(CCO)CCCCC1)NCC1CCN(C(=O)OC(C)(C)C)CC1. The van der Waals surface area contributed by atoms with E-state index < -0.39 is 5.60 Å². The minimum absolute atomic E-state index is 0.161. The highest BCUT2D eigenvalue weighted by Gasteiger charge is 2.31. The second kappa shape index (κ2) is 11.8. The number of likely N-dealkylation sites (tertiary alicyclic amines) is 1. The van der Waals surface area contributed by atoms with Crippen molar-refractivity contribution in [2.24, 2.45) is 16.3 Å². The zero-order valence-corrected chi connectivity index (χ0v) is 19.6. The standard InChI is InChI=1S/C23H44N4O3/c1-5-24-20(26-18-23(13-16-28)11-7-6-8-12-23)25-17-19-9-14-27(15-10-19)21(29)30-22(2,3)4/h19,28H,5-18H2,1-4H3,(H2,24,25,26). The zero-order chi connectivity index (χ0) is 22.0. The van der Waals surface area contributed by atoms with E-state index in [4.69, 9.17) is 9.73 Å². The fourth-order valence-corrected chi connectivity index (χ4v) is 4.50. The zero-order valence-electron chi connectivity index (χ0n) is 19.6. The number of rotatable bonds is 7. The smallest absolute Gasteiger partial charge is 0.410 e. The fraction of sp³-hybridized carbons (Fsp3) is 0.913. The first kappa shape index (κ1) is 24.8. The fourth-order valence-electron chi connectivity index (χ4n) is 4.50. The van der Waals surface area contributed by atoms with Crippen LogP contribution in [0, 0.1) is 11.3 Å². The number of aliphatic hydroxyl groups is 1. The summed E-state index contributed by atoms with van der Waals surface area (Å²) < 4.78 is 5.49. The molecular weight excluding hydrogens is 380 g/mol. The average molecular weight is 425 g/mol. The Bertz CT molecular complexity index is 540. The molecule has 30 heavy (non-hydrogen) atoms. The van der Waals surface area contributed by atoms with Crippen LogP contribution in [0.25, 0.3) is 0 Å². The third-order valence-corrected chi connectivity index (χ3v) is 6.30. The summed E-state index contributed by atoms with van der Waals surface area (Å²) in [6.07, 6.45) is 8.71. The van der Waals surface area contributed by atoms with Gasteiger partial charge < -0.3 is 25.4 Å². The molecule has 0 atom stereocenters. The number of amides is 1. The van der Waals surface area contributed by atoms with Crippen molar-refractivity contribution in [3.63, 3.8) is 0 Å². The maximum atomic E-state index is 12.2. The van der Waals surface area contributed by atoms with Gasteiger partial charge in [0.25, 0.3) is 0 Å². The van der Waals surface area contributed by atoms with Crippen LogP contribution in [0.15, 0.2) is 4.99 Å². The number of aliphatic hydroxyl groups excluding tert-OH is 1. The molecule has 1 saturated heterocycles. The molecule has 3 N–H and O–H groups in total. The van der Waals surface area contributed by atoms with Crippen molar-refractivity contribution in [1.82, 2.24) is 15.5 Å². The summed E-state index contributed by atoms with van der Waals surface area (Å²) in [5, 5.41) is 16.4. The van der Waals surface area contributed by atoms with Crippen LogP contribution in [-0.4, -0.2) is 67.0 Å². The van der Waals surface area contributed by atoms with Gasteiger partial charge in [0, 0.05) is 39.3 Å².